The molecule has 27 heavy (non-hydrogen) atoms. The average Bonchev–Trinajstić information content (AvgIpc) is 3.08. The van der Waals surface area contributed by atoms with Gasteiger partial charge in [-0.1, -0.05) is 0 Å². The summed E-state index contributed by atoms with van der Waals surface area (Å²) in [5.41, 5.74) is 2.04. The third kappa shape index (κ3) is 4.08. The molecular formula is C20H27N3O4. The highest BCUT2D eigenvalue weighted by molar-refractivity contribution is 5.94. The van der Waals surface area contributed by atoms with Gasteiger partial charge in [0.1, 0.15) is 17.2 Å². The number of likely N-dealkylation sites (tertiary alicyclic amines) is 1. The van der Waals surface area contributed by atoms with E-state index in [4.69, 9.17) is 14.2 Å². The molecule has 1 saturated heterocycles. The van der Waals surface area contributed by atoms with Crippen molar-refractivity contribution in [2.45, 2.75) is 12.8 Å². The number of carbonyl (C=O) groups is 1. The van der Waals surface area contributed by atoms with Crippen LogP contribution in [-0.4, -0.2) is 61.6 Å². The summed E-state index contributed by atoms with van der Waals surface area (Å²) in [6, 6.07) is 7.36. The van der Waals surface area contributed by atoms with Gasteiger partial charge in [0, 0.05) is 32.8 Å². The number of rotatable bonds is 6. The molecule has 1 atom stereocenters. The van der Waals surface area contributed by atoms with Crippen LogP contribution in [0.1, 0.15) is 23.3 Å². The zero-order valence-corrected chi connectivity index (χ0v) is 16.4. The summed E-state index contributed by atoms with van der Waals surface area (Å²) in [6.45, 7) is 2.17. The molecule has 0 N–H and O–H groups in total. The Morgan fingerprint density at radius 1 is 1.22 bits per heavy atom. The van der Waals surface area contributed by atoms with Crippen LogP contribution in [-0.2, 0) is 11.8 Å². The van der Waals surface area contributed by atoms with E-state index in [0.29, 0.717) is 35.4 Å². The molecule has 0 spiro atoms. The predicted molar refractivity (Wildman–Crippen MR) is 102 cm³/mol. The fourth-order valence-corrected chi connectivity index (χ4v) is 3.60. The van der Waals surface area contributed by atoms with Gasteiger partial charge in [0.25, 0.3) is 5.91 Å². The molecule has 0 bridgehead atoms. The van der Waals surface area contributed by atoms with Crippen LogP contribution >= 0.6 is 0 Å². The highest BCUT2D eigenvalue weighted by Gasteiger charge is 2.27. The molecular weight excluding hydrogens is 346 g/mol. The summed E-state index contributed by atoms with van der Waals surface area (Å²) in [7, 11) is 6.73. The molecule has 7 heteroatoms. The molecule has 1 unspecified atom stereocenters. The standard InChI is InChI=1S/C20H27N3O4/c1-22-18(20(24)23-9-5-6-14(12-23)13-25-2)11-17(21-22)16-10-15(26-3)7-8-19(16)27-4/h7-8,10-11,14H,5-6,9,12-13H2,1-4H3. The van der Waals surface area contributed by atoms with Crippen molar-refractivity contribution in [1.29, 1.82) is 0 Å². The summed E-state index contributed by atoms with van der Waals surface area (Å²) in [4.78, 5) is 15.0. The number of benzene rings is 1. The van der Waals surface area contributed by atoms with Crippen molar-refractivity contribution in [3.8, 4) is 22.8 Å². The maximum absolute atomic E-state index is 13.1. The van der Waals surface area contributed by atoms with E-state index in [-0.39, 0.29) is 5.91 Å². The van der Waals surface area contributed by atoms with Gasteiger partial charge in [-0.3, -0.25) is 9.48 Å². The molecule has 0 radical (unpaired) electrons. The second kappa shape index (κ2) is 8.43. The van der Waals surface area contributed by atoms with Gasteiger partial charge in [-0.15, -0.1) is 0 Å². The molecule has 1 amide bonds. The minimum Gasteiger partial charge on any atom is -0.497 e. The van der Waals surface area contributed by atoms with E-state index < -0.39 is 0 Å². The average molecular weight is 373 g/mol. The van der Waals surface area contributed by atoms with E-state index in [9.17, 15) is 4.79 Å². The van der Waals surface area contributed by atoms with Crippen LogP contribution < -0.4 is 9.47 Å². The number of nitrogens with zero attached hydrogens (tertiary/aromatic N) is 3. The first-order chi connectivity index (χ1) is 13.1. The quantitative estimate of drug-likeness (QED) is 0.779. The molecule has 7 nitrogen and oxygen atoms in total. The molecule has 0 aliphatic carbocycles. The molecule has 3 rings (SSSR count). The van der Waals surface area contributed by atoms with E-state index >= 15 is 0 Å². The molecule has 0 saturated carbocycles. The lowest BCUT2D eigenvalue weighted by atomic mass is 9.98. The Balaban J connectivity index is 1.87. The van der Waals surface area contributed by atoms with Crippen LogP contribution in [0.3, 0.4) is 0 Å². The second-order valence-corrected chi connectivity index (χ2v) is 6.82. The Kier molecular flexibility index (Phi) is 6.01. The van der Waals surface area contributed by atoms with Gasteiger partial charge < -0.3 is 19.1 Å². The number of ether oxygens (including phenoxy) is 3. The van der Waals surface area contributed by atoms with Crippen molar-refractivity contribution in [3.63, 3.8) is 0 Å². The minimum absolute atomic E-state index is 0.00100. The van der Waals surface area contributed by atoms with Crippen LogP contribution in [0.2, 0.25) is 0 Å². The third-order valence-corrected chi connectivity index (χ3v) is 4.99. The zero-order chi connectivity index (χ0) is 19.4. The number of methoxy groups -OCH3 is 3. The number of aromatic nitrogens is 2. The largest absolute Gasteiger partial charge is 0.497 e. The van der Waals surface area contributed by atoms with Crippen molar-refractivity contribution in [2.75, 3.05) is 41.0 Å². The Morgan fingerprint density at radius 3 is 2.74 bits per heavy atom. The summed E-state index contributed by atoms with van der Waals surface area (Å²) in [6.07, 6.45) is 2.09. The Hall–Kier alpha value is -2.54. The number of hydrogen-bond acceptors (Lipinski definition) is 5. The molecule has 146 valence electrons. The van der Waals surface area contributed by atoms with Crippen molar-refractivity contribution < 1.29 is 19.0 Å². The molecule has 1 aliphatic rings. The number of aryl methyl sites for hydroxylation is 1. The Bertz CT molecular complexity index is 801. The lowest BCUT2D eigenvalue weighted by Gasteiger charge is -2.32. The molecule has 1 aliphatic heterocycles. The fraction of sp³-hybridized carbons (Fsp3) is 0.500. The van der Waals surface area contributed by atoms with Crippen LogP contribution in [0.4, 0.5) is 0 Å². The van der Waals surface area contributed by atoms with E-state index in [2.05, 4.69) is 5.10 Å². The highest BCUT2D eigenvalue weighted by atomic mass is 16.5. The van der Waals surface area contributed by atoms with E-state index in [0.717, 1.165) is 31.5 Å². The number of piperidine rings is 1. The van der Waals surface area contributed by atoms with Gasteiger partial charge in [-0.2, -0.15) is 5.10 Å². The predicted octanol–water partition coefficient (Wildman–Crippen LogP) is 2.60. The third-order valence-electron chi connectivity index (χ3n) is 4.99. The summed E-state index contributed by atoms with van der Waals surface area (Å²) >= 11 is 0. The molecule has 2 heterocycles. The maximum atomic E-state index is 13.1. The summed E-state index contributed by atoms with van der Waals surface area (Å²) in [5.74, 6) is 1.78. The van der Waals surface area contributed by atoms with Crippen molar-refractivity contribution in [3.05, 3.63) is 30.0 Å². The van der Waals surface area contributed by atoms with Crippen molar-refractivity contribution in [2.24, 2.45) is 13.0 Å². The SMILES string of the molecule is COCC1CCCN(C(=O)c2cc(-c3cc(OC)ccc3OC)nn2C)C1. The van der Waals surface area contributed by atoms with Crippen LogP contribution in [0, 0.1) is 5.92 Å². The number of hydrogen-bond donors (Lipinski definition) is 0. The molecule has 1 fully saturated rings. The molecule has 2 aromatic rings. The van der Waals surface area contributed by atoms with E-state index in [1.807, 2.05) is 29.2 Å². The molecule has 1 aromatic carbocycles. The maximum Gasteiger partial charge on any atom is 0.272 e. The first kappa shape index (κ1) is 19.2. The van der Waals surface area contributed by atoms with Crippen LogP contribution in [0.5, 0.6) is 11.5 Å². The lowest BCUT2D eigenvalue weighted by Crippen LogP contribution is -2.41. The van der Waals surface area contributed by atoms with Gasteiger partial charge in [0.2, 0.25) is 0 Å². The van der Waals surface area contributed by atoms with E-state index in [1.54, 1.807) is 33.1 Å². The highest BCUT2D eigenvalue weighted by Crippen LogP contribution is 2.33. The number of carbonyl (C=O) groups excluding carboxylic acids is 1. The topological polar surface area (TPSA) is 65.8 Å². The van der Waals surface area contributed by atoms with Gasteiger partial charge >= 0.3 is 0 Å². The first-order valence-electron chi connectivity index (χ1n) is 9.12. The summed E-state index contributed by atoms with van der Waals surface area (Å²) in [5, 5.41) is 4.55. The van der Waals surface area contributed by atoms with Crippen molar-refractivity contribution in [1.82, 2.24) is 14.7 Å². The van der Waals surface area contributed by atoms with Crippen LogP contribution in [0.15, 0.2) is 24.3 Å². The van der Waals surface area contributed by atoms with Gasteiger partial charge in [0.05, 0.1) is 26.5 Å². The van der Waals surface area contributed by atoms with E-state index in [1.165, 1.54) is 0 Å². The molecule has 1 aromatic heterocycles. The van der Waals surface area contributed by atoms with Gasteiger partial charge in [-0.25, -0.2) is 0 Å². The van der Waals surface area contributed by atoms with Crippen molar-refractivity contribution >= 4 is 5.91 Å². The summed E-state index contributed by atoms with van der Waals surface area (Å²) < 4.78 is 17.7. The Morgan fingerprint density at radius 2 is 2.04 bits per heavy atom. The smallest absolute Gasteiger partial charge is 0.272 e. The number of amides is 1. The van der Waals surface area contributed by atoms with Crippen LogP contribution in [0.25, 0.3) is 11.3 Å². The minimum atomic E-state index is -0.00100. The monoisotopic (exact) mass is 373 g/mol. The fourth-order valence-electron chi connectivity index (χ4n) is 3.60. The van der Waals surface area contributed by atoms with Gasteiger partial charge in [0.15, 0.2) is 0 Å². The van der Waals surface area contributed by atoms with Gasteiger partial charge in [-0.05, 0) is 43.0 Å². The second-order valence-electron chi connectivity index (χ2n) is 6.82. The first-order valence-corrected chi connectivity index (χ1v) is 9.12. The Labute approximate surface area is 159 Å². The lowest BCUT2D eigenvalue weighted by molar-refractivity contribution is 0.0561. The zero-order valence-electron chi connectivity index (χ0n) is 16.4. The normalized spacial score (nSPS) is 17.0.